The van der Waals surface area contributed by atoms with Crippen LogP contribution in [0.15, 0.2) is 24.3 Å². The summed E-state index contributed by atoms with van der Waals surface area (Å²) in [6, 6.07) is 7.27. The van der Waals surface area contributed by atoms with E-state index in [1.54, 1.807) is 12.1 Å². The van der Waals surface area contributed by atoms with Crippen molar-refractivity contribution in [2.75, 3.05) is 0 Å². The maximum Gasteiger partial charge on any atom is 0.306 e. The van der Waals surface area contributed by atoms with Gasteiger partial charge >= 0.3 is 5.97 Å². The molecule has 1 saturated carbocycles. The third-order valence-electron chi connectivity index (χ3n) is 5.04. The molecular formula is C20H27NO4. The van der Waals surface area contributed by atoms with E-state index in [2.05, 4.69) is 5.32 Å². The van der Waals surface area contributed by atoms with E-state index < -0.39 is 5.97 Å². The molecule has 136 valence electrons. The highest BCUT2D eigenvalue weighted by atomic mass is 16.4. The zero-order valence-electron chi connectivity index (χ0n) is 15.1. The van der Waals surface area contributed by atoms with Crippen LogP contribution in [-0.2, 0) is 9.59 Å². The maximum absolute atomic E-state index is 12.5. The van der Waals surface area contributed by atoms with Crippen LogP contribution in [0.4, 0.5) is 0 Å². The van der Waals surface area contributed by atoms with E-state index in [0.29, 0.717) is 31.2 Å². The van der Waals surface area contributed by atoms with Crippen molar-refractivity contribution in [2.24, 2.45) is 11.8 Å². The number of carboxylic acids is 1. The first kappa shape index (κ1) is 19.2. The van der Waals surface area contributed by atoms with Crippen LogP contribution in [0.5, 0.6) is 0 Å². The summed E-state index contributed by atoms with van der Waals surface area (Å²) in [7, 11) is 0. The molecule has 1 atom stereocenters. The quantitative estimate of drug-likeness (QED) is 0.774. The van der Waals surface area contributed by atoms with E-state index in [9.17, 15) is 14.4 Å². The Hall–Kier alpha value is -2.17. The summed E-state index contributed by atoms with van der Waals surface area (Å²) in [5, 5.41) is 12.1. The van der Waals surface area contributed by atoms with E-state index in [4.69, 9.17) is 5.11 Å². The molecule has 5 nitrogen and oxygen atoms in total. The topological polar surface area (TPSA) is 83.5 Å². The predicted octanol–water partition coefficient (Wildman–Crippen LogP) is 3.39. The normalized spacial score (nSPS) is 21.6. The van der Waals surface area contributed by atoms with Gasteiger partial charge in [-0.05, 0) is 38.2 Å². The van der Waals surface area contributed by atoms with Gasteiger partial charge in [0.25, 0.3) is 0 Å². The van der Waals surface area contributed by atoms with Crippen LogP contribution in [0.2, 0.25) is 0 Å². The van der Waals surface area contributed by atoms with Gasteiger partial charge in [-0.2, -0.15) is 0 Å². The highest BCUT2D eigenvalue weighted by Gasteiger charge is 2.28. The fourth-order valence-electron chi connectivity index (χ4n) is 3.23. The SMILES string of the molecule is CC(C)C(=O)c1ccc(C(C)C(=O)NC2CCC(C(=O)O)CC2)cc1. The summed E-state index contributed by atoms with van der Waals surface area (Å²) in [6.45, 7) is 5.58. The number of nitrogens with one attached hydrogen (secondary N) is 1. The van der Waals surface area contributed by atoms with E-state index in [0.717, 1.165) is 5.56 Å². The van der Waals surface area contributed by atoms with E-state index >= 15 is 0 Å². The molecule has 0 saturated heterocycles. The average Bonchev–Trinajstić information content (AvgIpc) is 2.60. The molecule has 1 aliphatic carbocycles. The molecule has 0 aromatic heterocycles. The van der Waals surface area contributed by atoms with E-state index in [1.807, 2.05) is 32.9 Å². The minimum absolute atomic E-state index is 0.0485. The molecule has 0 spiro atoms. The zero-order chi connectivity index (χ0) is 18.6. The van der Waals surface area contributed by atoms with Crippen LogP contribution in [-0.4, -0.2) is 28.8 Å². The lowest BCUT2D eigenvalue weighted by atomic mass is 9.85. The Labute approximate surface area is 148 Å². The van der Waals surface area contributed by atoms with Crippen LogP contribution in [0, 0.1) is 11.8 Å². The Morgan fingerprint density at radius 1 is 1.00 bits per heavy atom. The second kappa shape index (κ2) is 8.28. The van der Waals surface area contributed by atoms with Gasteiger partial charge in [-0.1, -0.05) is 38.1 Å². The number of Topliss-reactive ketones (excluding diaryl/α,β-unsaturated/α-hetero) is 1. The van der Waals surface area contributed by atoms with E-state index in [-0.39, 0.29) is 35.5 Å². The number of ketones is 1. The molecule has 0 bridgehead atoms. The summed E-state index contributed by atoms with van der Waals surface area (Å²) < 4.78 is 0. The van der Waals surface area contributed by atoms with Crippen LogP contribution < -0.4 is 5.32 Å². The lowest BCUT2D eigenvalue weighted by molar-refractivity contribution is -0.142. The summed E-state index contributed by atoms with van der Waals surface area (Å²) in [6.07, 6.45) is 2.63. The number of aliphatic carboxylic acids is 1. The summed E-state index contributed by atoms with van der Waals surface area (Å²) >= 11 is 0. The zero-order valence-corrected chi connectivity index (χ0v) is 15.1. The summed E-state index contributed by atoms with van der Waals surface area (Å²) in [4.78, 5) is 35.4. The molecule has 1 fully saturated rings. The molecular weight excluding hydrogens is 318 g/mol. The second-order valence-electron chi connectivity index (χ2n) is 7.26. The third kappa shape index (κ3) is 4.91. The molecule has 0 radical (unpaired) electrons. The summed E-state index contributed by atoms with van der Waals surface area (Å²) in [5.41, 5.74) is 1.54. The van der Waals surface area contributed by atoms with Crippen molar-refractivity contribution in [2.45, 2.75) is 58.4 Å². The molecule has 1 unspecified atom stereocenters. The third-order valence-corrected chi connectivity index (χ3v) is 5.04. The number of carbonyl (C=O) groups excluding carboxylic acids is 2. The van der Waals surface area contributed by atoms with Gasteiger partial charge in [-0.25, -0.2) is 0 Å². The highest BCUT2D eigenvalue weighted by molar-refractivity contribution is 5.97. The van der Waals surface area contributed by atoms with Crippen molar-refractivity contribution in [1.82, 2.24) is 5.32 Å². The van der Waals surface area contributed by atoms with Gasteiger partial charge in [-0.3, -0.25) is 14.4 Å². The maximum atomic E-state index is 12.5. The Morgan fingerprint density at radius 3 is 2.04 bits per heavy atom. The fourth-order valence-corrected chi connectivity index (χ4v) is 3.23. The van der Waals surface area contributed by atoms with Crippen LogP contribution >= 0.6 is 0 Å². The Balaban J connectivity index is 1.92. The van der Waals surface area contributed by atoms with Gasteiger partial charge in [0.2, 0.25) is 5.91 Å². The minimum Gasteiger partial charge on any atom is -0.481 e. The van der Waals surface area contributed by atoms with Gasteiger partial charge in [-0.15, -0.1) is 0 Å². The molecule has 25 heavy (non-hydrogen) atoms. The van der Waals surface area contributed by atoms with Crippen molar-refractivity contribution in [1.29, 1.82) is 0 Å². The fraction of sp³-hybridized carbons (Fsp3) is 0.550. The number of rotatable bonds is 6. The average molecular weight is 345 g/mol. The first-order valence-corrected chi connectivity index (χ1v) is 8.97. The van der Waals surface area contributed by atoms with Crippen LogP contribution in [0.3, 0.4) is 0 Å². The van der Waals surface area contributed by atoms with E-state index in [1.165, 1.54) is 0 Å². The predicted molar refractivity (Wildman–Crippen MR) is 95.6 cm³/mol. The van der Waals surface area contributed by atoms with Gasteiger partial charge in [0.15, 0.2) is 5.78 Å². The van der Waals surface area contributed by atoms with Crippen molar-refractivity contribution in [3.8, 4) is 0 Å². The summed E-state index contributed by atoms with van der Waals surface area (Å²) in [5.74, 6) is -1.33. The molecule has 2 rings (SSSR count). The highest BCUT2D eigenvalue weighted by Crippen LogP contribution is 2.25. The Kier molecular flexibility index (Phi) is 6.34. The standard InChI is InChI=1S/C20H27NO4/c1-12(2)18(22)15-6-4-14(5-7-15)13(3)19(23)21-17-10-8-16(9-11-17)20(24)25/h4-7,12-13,16-17H,8-11H2,1-3H3,(H,21,23)(H,24,25). The van der Waals surface area contributed by atoms with Gasteiger partial charge in [0.1, 0.15) is 0 Å². The van der Waals surface area contributed by atoms with Gasteiger partial charge in [0, 0.05) is 17.5 Å². The first-order chi connectivity index (χ1) is 11.8. The minimum atomic E-state index is -0.742. The smallest absolute Gasteiger partial charge is 0.306 e. The Morgan fingerprint density at radius 2 is 1.56 bits per heavy atom. The van der Waals surface area contributed by atoms with Crippen molar-refractivity contribution in [3.63, 3.8) is 0 Å². The molecule has 0 aliphatic heterocycles. The number of carbonyl (C=O) groups is 3. The molecule has 1 aromatic rings. The second-order valence-corrected chi connectivity index (χ2v) is 7.26. The Bertz CT molecular complexity index is 628. The molecule has 0 heterocycles. The van der Waals surface area contributed by atoms with Crippen molar-refractivity contribution < 1.29 is 19.5 Å². The number of amides is 1. The number of carboxylic acid groups (broad SMARTS) is 1. The number of benzene rings is 1. The van der Waals surface area contributed by atoms with Crippen molar-refractivity contribution >= 4 is 17.7 Å². The lowest BCUT2D eigenvalue weighted by Crippen LogP contribution is -2.40. The van der Waals surface area contributed by atoms with Gasteiger partial charge in [0.05, 0.1) is 11.8 Å². The largest absolute Gasteiger partial charge is 0.481 e. The molecule has 1 aliphatic rings. The molecule has 2 N–H and O–H groups in total. The lowest BCUT2D eigenvalue weighted by Gasteiger charge is -2.28. The number of hydrogen-bond donors (Lipinski definition) is 2. The monoisotopic (exact) mass is 345 g/mol. The van der Waals surface area contributed by atoms with Crippen LogP contribution in [0.1, 0.15) is 68.3 Å². The number of hydrogen-bond acceptors (Lipinski definition) is 3. The first-order valence-electron chi connectivity index (χ1n) is 8.97. The molecule has 5 heteroatoms. The van der Waals surface area contributed by atoms with Crippen LogP contribution in [0.25, 0.3) is 0 Å². The van der Waals surface area contributed by atoms with Crippen molar-refractivity contribution in [3.05, 3.63) is 35.4 Å². The molecule has 1 aromatic carbocycles. The molecule has 1 amide bonds. The van der Waals surface area contributed by atoms with Gasteiger partial charge < -0.3 is 10.4 Å².